The van der Waals surface area contributed by atoms with Crippen LogP contribution in [0.2, 0.25) is 0 Å². The minimum absolute atomic E-state index is 0.290. The van der Waals surface area contributed by atoms with Crippen LogP contribution in [-0.2, 0) is 6.54 Å². The van der Waals surface area contributed by atoms with Gasteiger partial charge in [0, 0.05) is 45.1 Å². The van der Waals surface area contributed by atoms with Gasteiger partial charge in [0.15, 0.2) is 0 Å². The Kier molecular flexibility index (Phi) is 5.14. The van der Waals surface area contributed by atoms with Crippen LogP contribution in [0.3, 0.4) is 0 Å². The van der Waals surface area contributed by atoms with Crippen molar-refractivity contribution in [2.24, 2.45) is 5.92 Å². The van der Waals surface area contributed by atoms with Crippen molar-refractivity contribution in [1.29, 1.82) is 0 Å². The van der Waals surface area contributed by atoms with Crippen LogP contribution in [0.15, 0.2) is 24.5 Å². The molecule has 3 heterocycles. The van der Waals surface area contributed by atoms with Crippen molar-refractivity contribution in [3.63, 3.8) is 0 Å². The fourth-order valence-electron chi connectivity index (χ4n) is 3.67. The number of piperazine rings is 1. The number of H-pyrrole nitrogens is 1. The van der Waals surface area contributed by atoms with Gasteiger partial charge in [-0.15, -0.1) is 0 Å². The number of nitrogens with zero attached hydrogens (tertiary/aromatic N) is 5. The lowest BCUT2D eigenvalue weighted by Crippen LogP contribution is -2.45. The van der Waals surface area contributed by atoms with Gasteiger partial charge in [0.2, 0.25) is 11.9 Å². The molecule has 29 heavy (non-hydrogen) atoms. The van der Waals surface area contributed by atoms with Gasteiger partial charge in [-0.3, -0.25) is 5.32 Å². The molecule has 0 atom stereocenters. The largest absolute Gasteiger partial charge is 0.478 e. The van der Waals surface area contributed by atoms with E-state index in [0.29, 0.717) is 28.9 Å². The van der Waals surface area contributed by atoms with Crippen LogP contribution in [-0.4, -0.2) is 68.7 Å². The van der Waals surface area contributed by atoms with Crippen LogP contribution in [0, 0.1) is 5.92 Å². The molecule has 1 saturated heterocycles. The number of anilines is 3. The summed E-state index contributed by atoms with van der Waals surface area (Å²) in [6.45, 7) is 8.55. The van der Waals surface area contributed by atoms with E-state index in [9.17, 15) is 9.90 Å². The van der Waals surface area contributed by atoms with Gasteiger partial charge in [-0.05, 0) is 25.1 Å². The molecule has 3 aromatic rings. The number of imidazole rings is 2. The van der Waals surface area contributed by atoms with Gasteiger partial charge in [0.25, 0.3) is 0 Å². The van der Waals surface area contributed by atoms with Crippen molar-refractivity contribution in [2.45, 2.75) is 20.4 Å². The zero-order valence-electron chi connectivity index (χ0n) is 17.0. The van der Waals surface area contributed by atoms with E-state index in [1.54, 1.807) is 12.3 Å². The smallest absolute Gasteiger partial charge is 0.337 e. The first kappa shape index (κ1) is 19.3. The monoisotopic (exact) mass is 397 g/mol. The molecule has 0 bridgehead atoms. The fourth-order valence-corrected chi connectivity index (χ4v) is 3.67. The summed E-state index contributed by atoms with van der Waals surface area (Å²) >= 11 is 0. The van der Waals surface area contributed by atoms with E-state index in [2.05, 4.69) is 51.0 Å². The number of aromatic amines is 1. The molecule has 4 rings (SSSR count). The average Bonchev–Trinajstić information content (AvgIpc) is 3.27. The van der Waals surface area contributed by atoms with Crippen molar-refractivity contribution in [2.75, 3.05) is 43.4 Å². The van der Waals surface area contributed by atoms with Crippen molar-refractivity contribution < 1.29 is 9.90 Å². The zero-order chi connectivity index (χ0) is 20.5. The minimum atomic E-state index is -0.933. The number of aromatic nitrogens is 4. The molecule has 0 amide bonds. The molecule has 1 aromatic carbocycles. The first-order chi connectivity index (χ1) is 13.9. The summed E-state index contributed by atoms with van der Waals surface area (Å²) in [5.41, 5.74) is 2.43. The van der Waals surface area contributed by atoms with Crippen LogP contribution in [0.4, 0.5) is 17.6 Å². The molecule has 3 N–H and O–H groups in total. The maximum absolute atomic E-state index is 11.9. The van der Waals surface area contributed by atoms with Crippen molar-refractivity contribution in [3.8, 4) is 0 Å². The van der Waals surface area contributed by atoms with Crippen LogP contribution < -0.4 is 10.2 Å². The zero-order valence-corrected chi connectivity index (χ0v) is 17.0. The number of aromatic carboxylic acids is 1. The number of carboxylic acid groups (broad SMARTS) is 1. The van der Waals surface area contributed by atoms with E-state index in [4.69, 9.17) is 0 Å². The Morgan fingerprint density at radius 2 is 2.03 bits per heavy atom. The Morgan fingerprint density at radius 1 is 1.28 bits per heavy atom. The lowest BCUT2D eigenvalue weighted by atomic mass is 10.1. The SMILES string of the molecule is CC(C)Cn1ccnc1Nc1nc2cc(N3CCN(C)CC3)c(C(=O)O)cc2[nH]1. The number of likely N-dealkylation sites (N-methyl/N-ethyl adjacent to an activating group) is 1. The summed E-state index contributed by atoms with van der Waals surface area (Å²) in [5.74, 6) is 0.806. The van der Waals surface area contributed by atoms with E-state index >= 15 is 0 Å². The number of nitrogens with one attached hydrogen (secondary N) is 2. The quantitative estimate of drug-likeness (QED) is 0.587. The fraction of sp³-hybridized carbons (Fsp3) is 0.450. The number of hydrogen-bond acceptors (Lipinski definition) is 6. The number of carboxylic acids is 1. The Morgan fingerprint density at radius 3 is 2.72 bits per heavy atom. The molecule has 0 radical (unpaired) electrons. The second kappa shape index (κ2) is 7.75. The van der Waals surface area contributed by atoms with E-state index in [1.165, 1.54) is 0 Å². The lowest BCUT2D eigenvalue weighted by Gasteiger charge is -2.34. The van der Waals surface area contributed by atoms with Gasteiger partial charge in [-0.1, -0.05) is 13.8 Å². The van der Waals surface area contributed by atoms with Crippen LogP contribution in [0.25, 0.3) is 11.0 Å². The molecule has 0 saturated carbocycles. The van der Waals surface area contributed by atoms with Crippen molar-refractivity contribution in [1.82, 2.24) is 24.4 Å². The maximum Gasteiger partial charge on any atom is 0.337 e. The van der Waals surface area contributed by atoms with E-state index < -0.39 is 5.97 Å². The van der Waals surface area contributed by atoms with Crippen molar-refractivity contribution in [3.05, 3.63) is 30.1 Å². The molecule has 154 valence electrons. The molecule has 1 aliphatic rings. The van der Waals surface area contributed by atoms with Crippen LogP contribution in [0.5, 0.6) is 0 Å². The predicted octanol–water partition coefficient (Wildman–Crippen LogP) is 2.61. The lowest BCUT2D eigenvalue weighted by molar-refractivity contribution is 0.0697. The molecule has 2 aromatic heterocycles. The number of rotatable bonds is 6. The van der Waals surface area contributed by atoms with E-state index in [1.807, 2.05) is 16.8 Å². The first-order valence-corrected chi connectivity index (χ1v) is 9.89. The summed E-state index contributed by atoms with van der Waals surface area (Å²) in [4.78, 5) is 28.4. The number of benzene rings is 1. The molecule has 9 nitrogen and oxygen atoms in total. The third kappa shape index (κ3) is 4.04. The van der Waals surface area contributed by atoms with Gasteiger partial charge in [0.1, 0.15) is 0 Å². The summed E-state index contributed by atoms with van der Waals surface area (Å²) in [6.07, 6.45) is 3.68. The maximum atomic E-state index is 11.9. The second-order valence-corrected chi connectivity index (χ2v) is 7.99. The normalized spacial score (nSPS) is 15.4. The van der Waals surface area contributed by atoms with Crippen LogP contribution in [0.1, 0.15) is 24.2 Å². The molecule has 1 aliphatic heterocycles. The Bertz CT molecular complexity index is 1020. The minimum Gasteiger partial charge on any atom is -0.478 e. The average molecular weight is 397 g/mol. The van der Waals surface area contributed by atoms with Gasteiger partial charge in [-0.25, -0.2) is 14.8 Å². The third-order valence-corrected chi connectivity index (χ3v) is 5.18. The highest BCUT2D eigenvalue weighted by Gasteiger charge is 2.22. The van der Waals surface area contributed by atoms with Gasteiger partial charge >= 0.3 is 5.97 Å². The summed E-state index contributed by atoms with van der Waals surface area (Å²) in [7, 11) is 2.08. The second-order valence-electron chi connectivity index (χ2n) is 7.99. The topological polar surface area (TPSA) is 102 Å². The molecule has 0 spiro atoms. The Labute approximate surface area is 169 Å². The molecular weight excluding hydrogens is 370 g/mol. The van der Waals surface area contributed by atoms with Gasteiger partial charge in [0.05, 0.1) is 22.3 Å². The van der Waals surface area contributed by atoms with Crippen LogP contribution >= 0.6 is 0 Å². The number of hydrogen-bond donors (Lipinski definition) is 3. The van der Waals surface area contributed by atoms with Gasteiger partial charge < -0.3 is 24.5 Å². The third-order valence-electron chi connectivity index (χ3n) is 5.18. The summed E-state index contributed by atoms with van der Waals surface area (Å²) < 4.78 is 2.04. The highest BCUT2D eigenvalue weighted by Crippen LogP contribution is 2.28. The van der Waals surface area contributed by atoms with Gasteiger partial charge in [-0.2, -0.15) is 0 Å². The highest BCUT2D eigenvalue weighted by atomic mass is 16.4. The highest BCUT2D eigenvalue weighted by molar-refractivity contribution is 6.00. The Hall–Kier alpha value is -3.07. The predicted molar refractivity (Wildman–Crippen MR) is 113 cm³/mol. The van der Waals surface area contributed by atoms with E-state index in [-0.39, 0.29) is 0 Å². The summed E-state index contributed by atoms with van der Waals surface area (Å²) in [6, 6.07) is 3.54. The standard InChI is InChI=1S/C20H27N7O2/c1-13(2)12-27-5-4-21-20(27)24-19-22-15-10-14(18(28)29)17(11-16(15)23-19)26-8-6-25(3)7-9-26/h4-5,10-11,13H,6-9,12H2,1-3H3,(H,28,29)(H2,21,22,23,24). The first-order valence-electron chi connectivity index (χ1n) is 9.89. The molecule has 1 fully saturated rings. The number of carbonyl (C=O) groups is 1. The number of fused-ring (bicyclic) bond motifs is 1. The molecule has 9 heteroatoms. The Balaban J connectivity index is 1.65. The molecule has 0 unspecified atom stereocenters. The van der Waals surface area contributed by atoms with Crippen molar-refractivity contribution >= 4 is 34.6 Å². The molecule has 0 aliphatic carbocycles. The molecular formula is C20H27N7O2. The van der Waals surface area contributed by atoms with E-state index in [0.717, 1.165) is 43.9 Å². The summed E-state index contributed by atoms with van der Waals surface area (Å²) in [5, 5.41) is 13.0.